The van der Waals surface area contributed by atoms with Crippen LogP contribution in [-0.2, 0) is 5.54 Å². The first kappa shape index (κ1) is 9.71. The van der Waals surface area contributed by atoms with Crippen LogP contribution in [0.5, 0.6) is 0 Å². The number of nitrogens with one attached hydrogen (secondary N) is 1. The molecule has 1 aliphatic carbocycles. The first-order valence-electron chi connectivity index (χ1n) is 5.23. The average molecular weight is 193 g/mol. The summed E-state index contributed by atoms with van der Waals surface area (Å²) in [5.74, 6) is 1.43. The summed E-state index contributed by atoms with van der Waals surface area (Å²) in [7, 11) is 0. The van der Waals surface area contributed by atoms with Crippen molar-refractivity contribution < 1.29 is 0 Å². The molecule has 0 amide bonds. The Kier molecular flexibility index (Phi) is 1.96. The predicted molar refractivity (Wildman–Crippen MR) is 56.6 cm³/mol. The quantitative estimate of drug-likeness (QED) is 0.717. The molecule has 1 aromatic rings. The molecule has 1 aliphatic rings. The van der Waals surface area contributed by atoms with Crippen LogP contribution in [-0.4, -0.2) is 9.97 Å². The molecule has 1 fully saturated rings. The minimum absolute atomic E-state index is 0.257. The highest BCUT2D eigenvalue weighted by Crippen LogP contribution is 2.50. The number of nitrogens with two attached hydrogens (primary N) is 1. The van der Waals surface area contributed by atoms with Gasteiger partial charge in [-0.2, -0.15) is 0 Å². The SMILES string of the molecule is C[C@H]1CC(C)(C)C[C@]1(N)c1ncc[nH]1. The molecule has 3 N–H and O–H groups in total. The summed E-state index contributed by atoms with van der Waals surface area (Å²) in [6.45, 7) is 6.78. The lowest BCUT2D eigenvalue weighted by molar-refractivity contribution is 0.315. The zero-order chi connectivity index (χ0) is 10.4. The Morgan fingerprint density at radius 1 is 1.57 bits per heavy atom. The number of aromatic amines is 1. The van der Waals surface area contributed by atoms with E-state index in [1.54, 1.807) is 6.20 Å². The Morgan fingerprint density at radius 3 is 2.71 bits per heavy atom. The summed E-state index contributed by atoms with van der Waals surface area (Å²) in [6.07, 6.45) is 5.81. The van der Waals surface area contributed by atoms with Crippen molar-refractivity contribution in [2.45, 2.75) is 39.2 Å². The topological polar surface area (TPSA) is 54.7 Å². The monoisotopic (exact) mass is 193 g/mol. The van der Waals surface area contributed by atoms with Gasteiger partial charge >= 0.3 is 0 Å². The van der Waals surface area contributed by atoms with E-state index >= 15 is 0 Å². The van der Waals surface area contributed by atoms with Crippen LogP contribution < -0.4 is 5.73 Å². The molecule has 0 spiro atoms. The maximum Gasteiger partial charge on any atom is 0.126 e. The van der Waals surface area contributed by atoms with Gasteiger partial charge in [0.1, 0.15) is 5.82 Å². The van der Waals surface area contributed by atoms with E-state index in [0.717, 1.165) is 12.2 Å². The fourth-order valence-corrected chi connectivity index (χ4v) is 2.89. The molecule has 0 radical (unpaired) electrons. The third-order valence-corrected chi connectivity index (χ3v) is 3.45. The van der Waals surface area contributed by atoms with E-state index in [1.807, 2.05) is 6.20 Å². The molecule has 3 heteroatoms. The van der Waals surface area contributed by atoms with E-state index in [1.165, 1.54) is 6.42 Å². The fourth-order valence-electron chi connectivity index (χ4n) is 2.89. The fraction of sp³-hybridized carbons (Fsp3) is 0.727. The standard InChI is InChI=1S/C11H19N3/c1-8-6-10(2,3)7-11(8,12)9-13-4-5-14-9/h4-5,8H,6-7,12H2,1-3H3,(H,13,14)/t8-,11+/m0/s1. The van der Waals surface area contributed by atoms with Crippen molar-refractivity contribution in [3.8, 4) is 0 Å². The van der Waals surface area contributed by atoms with Crippen LogP contribution in [0.25, 0.3) is 0 Å². The molecule has 1 saturated carbocycles. The zero-order valence-electron chi connectivity index (χ0n) is 9.17. The van der Waals surface area contributed by atoms with Gasteiger partial charge < -0.3 is 10.7 Å². The third-order valence-electron chi connectivity index (χ3n) is 3.45. The lowest BCUT2D eigenvalue weighted by atomic mass is 9.87. The molecule has 0 aromatic carbocycles. The van der Waals surface area contributed by atoms with E-state index in [4.69, 9.17) is 5.73 Å². The molecule has 0 aliphatic heterocycles. The molecule has 2 rings (SSSR count). The molecule has 1 heterocycles. The molecule has 1 aromatic heterocycles. The molecular weight excluding hydrogens is 174 g/mol. The smallest absolute Gasteiger partial charge is 0.126 e. The van der Waals surface area contributed by atoms with E-state index < -0.39 is 0 Å². The molecule has 3 nitrogen and oxygen atoms in total. The predicted octanol–water partition coefficient (Wildman–Crippen LogP) is 2.02. The van der Waals surface area contributed by atoms with Gasteiger partial charge in [-0.3, -0.25) is 0 Å². The summed E-state index contributed by atoms with van der Waals surface area (Å²) in [4.78, 5) is 7.46. The number of rotatable bonds is 1. The van der Waals surface area contributed by atoms with Crippen LogP contribution >= 0.6 is 0 Å². The number of aromatic nitrogens is 2. The molecule has 78 valence electrons. The number of H-pyrrole nitrogens is 1. The van der Waals surface area contributed by atoms with E-state index in [9.17, 15) is 0 Å². The zero-order valence-corrected chi connectivity index (χ0v) is 9.17. The maximum atomic E-state index is 6.45. The van der Waals surface area contributed by atoms with E-state index in [0.29, 0.717) is 11.3 Å². The van der Waals surface area contributed by atoms with Crippen LogP contribution in [0.15, 0.2) is 12.4 Å². The molecular formula is C11H19N3. The van der Waals surface area contributed by atoms with Crippen LogP contribution in [0.2, 0.25) is 0 Å². The largest absolute Gasteiger partial charge is 0.347 e. The second kappa shape index (κ2) is 2.83. The van der Waals surface area contributed by atoms with Crippen LogP contribution in [0.1, 0.15) is 39.4 Å². The number of nitrogens with zero attached hydrogens (tertiary/aromatic N) is 1. The van der Waals surface area contributed by atoms with E-state index in [-0.39, 0.29) is 5.54 Å². The first-order valence-corrected chi connectivity index (χ1v) is 5.23. The van der Waals surface area contributed by atoms with Crippen molar-refractivity contribution >= 4 is 0 Å². The maximum absolute atomic E-state index is 6.45. The Morgan fingerprint density at radius 2 is 2.29 bits per heavy atom. The Labute approximate surface area is 85.1 Å². The van der Waals surface area contributed by atoms with Crippen molar-refractivity contribution in [1.29, 1.82) is 0 Å². The van der Waals surface area contributed by atoms with Crippen LogP contribution in [0.3, 0.4) is 0 Å². The van der Waals surface area contributed by atoms with Gasteiger partial charge in [0, 0.05) is 12.4 Å². The van der Waals surface area contributed by atoms with Crippen molar-refractivity contribution in [3.05, 3.63) is 18.2 Å². The summed E-state index contributed by atoms with van der Waals surface area (Å²) in [6, 6.07) is 0. The third kappa shape index (κ3) is 1.36. The Bertz CT molecular complexity index is 315. The highest BCUT2D eigenvalue weighted by atomic mass is 15.0. The summed E-state index contributed by atoms with van der Waals surface area (Å²) >= 11 is 0. The lowest BCUT2D eigenvalue weighted by Crippen LogP contribution is -2.40. The number of hydrogen-bond acceptors (Lipinski definition) is 2. The van der Waals surface area contributed by atoms with Gasteiger partial charge in [0.05, 0.1) is 5.54 Å². The van der Waals surface area contributed by atoms with Crippen molar-refractivity contribution in [1.82, 2.24) is 9.97 Å². The van der Waals surface area contributed by atoms with Gasteiger partial charge in [0.2, 0.25) is 0 Å². The van der Waals surface area contributed by atoms with Gasteiger partial charge in [-0.25, -0.2) is 4.98 Å². The summed E-state index contributed by atoms with van der Waals surface area (Å²) < 4.78 is 0. The van der Waals surface area contributed by atoms with Crippen LogP contribution in [0.4, 0.5) is 0 Å². The van der Waals surface area contributed by atoms with Crippen molar-refractivity contribution in [3.63, 3.8) is 0 Å². The highest BCUT2D eigenvalue weighted by molar-refractivity contribution is 5.13. The second-order valence-electron chi connectivity index (χ2n) is 5.42. The van der Waals surface area contributed by atoms with Gasteiger partial charge in [-0.05, 0) is 24.2 Å². The number of imidazole rings is 1. The summed E-state index contributed by atoms with van der Waals surface area (Å²) in [5, 5.41) is 0. The Hall–Kier alpha value is -0.830. The van der Waals surface area contributed by atoms with Gasteiger partial charge in [-0.1, -0.05) is 20.8 Å². The normalized spacial score (nSPS) is 36.1. The summed E-state index contributed by atoms with van der Waals surface area (Å²) in [5.41, 5.74) is 6.53. The molecule has 0 unspecified atom stereocenters. The molecule has 14 heavy (non-hydrogen) atoms. The average Bonchev–Trinajstić information content (AvgIpc) is 2.58. The van der Waals surface area contributed by atoms with E-state index in [2.05, 4.69) is 30.7 Å². The van der Waals surface area contributed by atoms with Crippen molar-refractivity contribution in [2.24, 2.45) is 17.1 Å². The molecule has 2 atom stereocenters. The van der Waals surface area contributed by atoms with Crippen LogP contribution in [0, 0.1) is 11.3 Å². The highest BCUT2D eigenvalue weighted by Gasteiger charge is 2.48. The second-order valence-corrected chi connectivity index (χ2v) is 5.42. The molecule has 0 saturated heterocycles. The number of hydrogen-bond donors (Lipinski definition) is 2. The minimum atomic E-state index is -0.257. The Balaban J connectivity index is 2.34. The molecule has 0 bridgehead atoms. The van der Waals surface area contributed by atoms with Crippen molar-refractivity contribution in [2.75, 3.05) is 0 Å². The van der Waals surface area contributed by atoms with Gasteiger partial charge in [0.25, 0.3) is 0 Å². The van der Waals surface area contributed by atoms with Gasteiger partial charge in [-0.15, -0.1) is 0 Å². The minimum Gasteiger partial charge on any atom is -0.347 e. The lowest BCUT2D eigenvalue weighted by Gasteiger charge is -2.27. The first-order chi connectivity index (χ1) is 6.44. The van der Waals surface area contributed by atoms with Gasteiger partial charge in [0.15, 0.2) is 0 Å².